The zero-order valence-corrected chi connectivity index (χ0v) is 11.6. The largest absolute Gasteiger partial charge is 0.313 e. The van der Waals surface area contributed by atoms with Crippen molar-refractivity contribution in [3.05, 3.63) is 0 Å². The van der Waals surface area contributed by atoms with Crippen LogP contribution in [-0.4, -0.2) is 44.5 Å². The standard InChI is InChI=1S/C10H23NO2S2/c1-4-6-10(11-5-2)9-14-7-8-15(3,12)13/h10-11H,4-9H2,1-3H3. The smallest absolute Gasteiger partial charge is 0.148 e. The van der Waals surface area contributed by atoms with Gasteiger partial charge in [-0.1, -0.05) is 20.3 Å². The Hall–Kier alpha value is 0.260. The molecule has 0 rings (SSSR count). The van der Waals surface area contributed by atoms with Gasteiger partial charge in [-0.3, -0.25) is 0 Å². The summed E-state index contributed by atoms with van der Waals surface area (Å²) in [6, 6.07) is 0.532. The van der Waals surface area contributed by atoms with Crippen molar-refractivity contribution >= 4 is 21.6 Å². The highest BCUT2D eigenvalue weighted by atomic mass is 32.2. The molecular weight excluding hydrogens is 230 g/mol. The topological polar surface area (TPSA) is 46.2 Å². The van der Waals surface area contributed by atoms with E-state index in [0.29, 0.717) is 17.5 Å². The summed E-state index contributed by atoms with van der Waals surface area (Å²) < 4.78 is 21.8. The molecule has 1 N–H and O–H groups in total. The fourth-order valence-electron chi connectivity index (χ4n) is 1.32. The molecule has 0 aliphatic heterocycles. The van der Waals surface area contributed by atoms with Crippen LogP contribution in [0.4, 0.5) is 0 Å². The van der Waals surface area contributed by atoms with Crippen LogP contribution in [0.2, 0.25) is 0 Å². The van der Waals surface area contributed by atoms with Gasteiger partial charge in [0.1, 0.15) is 9.84 Å². The molecule has 3 nitrogen and oxygen atoms in total. The maximum absolute atomic E-state index is 10.9. The van der Waals surface area contributed by atoms with Crippen molar-refractivity contribution < 1.29 is 8.42 Å². The molecule has 0 saturated carbocycles. The van der Waals surface area contributed by atoms with E-state index in [1.807, 2.05) is 0 Å². The van der Waals surface area contributed by atoms with Gasteiger partial charge in [-0.2, -0.15) is 11.8 Å². The van der Waals surface area contributed by atoms with E-state index in [9.17, 15) is 8.42 Å². The Bertz CT molecular complexity index is 234. The number of nitrogens with one attached hydrogen (secondary N) is 1. The fourth-order valence-corrected chi connectivity index (χ4v) is 3.74. The Balaban J connectivity index is 3.61. The summed E-state index contributed by atoms with van der Waals surface area (Å²) in [5.41, 5.74) is 0. The van der Waals surface area contributed by atoms with E-state index in [1.165, 1.54) is 19.1 Å². The summed E-state index contributed by atoms with van der Waals surface area (Å²) in [6.07, 6.45) is 3.63. The van der Waals surface area contributed by atoms with Gasteiger partial charge in [-0.15, -0.1) is 0 Å². The van der Waals surface area contributed by atoms with E-state index in [4.69, 9.17) is 0 Å². The number of sulfone groups is 1. The number of thioether (sulfide) groups is 1. The minimum Gasteiger partial charge on any atom is -0.313 e. The van der Waals surface area contributed by atoms with Crippen LogP contribution in [0.1, 0.15) is 26.7 Å². The summed E-state index contributed by atoms with van der Waals surface area (Å²) in [7, 11) is -2.79. The molecule has 0 saturated heterocycles. The van der Waals surface area contributed by atoms with Crippen molar-refractivity contribution in [1.82, 2.24) is 5.32 Å². The SMILES string of the molecule is CCCC(CSCCS(C)(=O)=O)NCC. The normalized spacial score (nSPS) is 14.1. The minimum absolute atomic E-state index is 0.294. The van der Waals surface area contributed by atoms with Gasteiger partial charge >= 0.3 is 0 Å². The lowest BCUT2D eigenvalue weighted by Crippen LogP contribution is -2.31. The monoisotopic (exact) mass is 253 g/mol. The van der Waals surface area contributed by atoms with Crippen molar-refractivity contribution in [3.8, 4) is 0 Å². The predicted molar refractivity (Wildman–Crippen MR) is 69.4 cm³/mol. The Kier molecular flexibility index (Phi) is 8.56. The van der Waals surface area contributed by atoms with E-state index in [2.05, 4.69) is 19.2 Å². The quantitative estimate of drug-likeness (QED) is 0.633. The molecule has 0 radical (unpaired) electrons. The van der Waals surface area contributed by atoms with Gasteiger partial charge in [0.15, 0.2) is 0 Å². The Labute approximate surface area is 98.3 Å². The highest BCUT2D eigenvalue weighted by Gasteiger charge is 2.07. The molecule has 0 aromatic heterocycles. The molecular formula is C10H23NO2S2. The van der Waals surface area contributed by atoms with Crippen molar-refractivity contribution in [2.45, 2.75) is 32.7 Å². The Morgan fingerprint density at radius 1 is 1.33 bits per heavy atom. The lowest BCUT2D eigenvalue weighted by Gasteiger charge is -2.16. The van der Waals surface area contributed by atoms with E-state index >= 15 is 0 Å². The van der Waals surface area contributed by atoms with Crippen LogP contribution in [0, 0.1) is 0 Å². The first kappa shape index (κ1) is 15.3. The molecule has 92 valence electrons. The average Bonchev–Trinajstić information content (AvgIpc) is 2.11. The summed E-state index contributed by atoms with van der Waals surface area (Å²) in [5, 5.41) is 3.41. The maximum Gasteiger partial charge on any atom is 0.148 e. The molecule has 1 atom stereocenters. The molecule has 0 bridgehead atoms. The molecule has 0 aromatic carbocycles. The first-order valence-corrected chi connectivity index (χ1v) is 8.70. The summed E-state index contributed by atoms with van der Waals surface area (Å²) in [5.74, 6) is 2.02. The van der Waals surface area contributed by atoms with Crippen LogP contribution in [0.5, 0.6) is 0 Å². The summed E-state index contributed by atoms with van der Waals surface area (Å²) >= 11 is 1.73. The van der Waals surface area contributed by atoms with Gasteiger partial charge in [-0.05, 0) is 13.0 Å². The van der Waals surface area contributed by atoms with Crippen molar-refractivity contribution in [1.29, 1.82) is 0 Å². The fraction of sp³-hybridized carbons (Fsp3) is 1.00. The van der Waals surface area contributed by atoms with Crippen LogP contribution in [0.3, 0.4) is 0 Å². The highest BCUT2D eigenvalue weighted by molar-refractivity contribution is 8.00. The molecule has 0 heterocycles. The number of rotatable bonds is 9. The lowest BCUT2D eigenvalue weighted by atomic mass is 10.2. The Morgan fingerprint density at radius 2 is 2.00 bits per heavy atom. The van der Waals surface area contributed by atoms with Gasteiger partial charge < -0.3 is 5.32 Å². The number of hydrogen-bond acceptors (Lipinski definition) is 4. The molecule has 1 unspecified atom stereocenters. The first-order valence-electron chi connectivity index (χ1n) is 5.48. The predicted octanol–water partition coefficient (Wildman–Crippen LogP) is 1.54. The molecule has 15 heavy (non-hydrogen) atoms. The van der Waals surface area contributed by atoms with E-state index in [-0.39, 0.29) is 0 Å². The van der Waals surface area contributed by atoms with Gasteiger partial charge in [0, 0.05) is 23.8 Å². The van der Waals surface area contributed by atoms with Crippen LogP contribution >= 0.6 is 11.8 Å². The maximum atomic E-state index is 10.9. The summed E-state index contributed by atoms with van der Waals surface area (Å²) in [6.45, 7) is 5.26. The second-order valence-electron chi connectivity index (χ2n) is 3.75. The van der Waals surface area contributed by atoms with Crippen molar-refractivity contribution in [2.24, 2.45) is 0 Å². The highest BCUT2D eigenvalue weighted by Crippen LogP contribution is 2.08. The van der Waals surface area contributed by atoms with Gasteiger partial charge in [0.25, 0.3) is 0 Å². The van der Waals surface area contributed by atoms with Gasteiger partial charge in [0.2, 0.25) is 0 Å². The molecule has 5 heteroatoms. The number of hydrogen-bond donors (Lipinski definition) is 1. The molecule has 0 amide bonds. The molecule has 0 spiro atoms. The van der Waals surface area contributed by atoms with E-state index < -0.39 is 9.84 Å². The second kappa shape index (κ2) is 8.42. The Morgan fingerprint density at radius 3 is 2.47 bits per heavy atom. The summed E-state index contributed by atoms with van der Waals surface area (Å²) in [4.78, 5) is 0. The van der Waals surface area contributed by atoms with Gasteiger partial charge in [-0.25, -0.2) is 8.42 Å². The molecule has 0 aliphatic rings. The lowest BCUT2D eigenvalue weighted by molar-refractivity contribution is 0.531. The minimum atomic E-state index is -2.79. The zero-order chi connectivity index (χ0) is 11.7. The average molecular weight is 253 g/mol. The van der Waals surface area contributed by atoms with Crippen LogP contribution in [-0.2, 0) is 9.84 Å². The molecule has 0 fully saturated rings. The van der Waals surface area contributed by atoms with Crippen molar-refractivity contribution in [3.63, 3.8) is 0 Å². The molecule has 0 aliphatic carbocycles. The van der Waals surface area contributed by atoms with Crippen LogP contribution in [0.15, 0.2) is 0 Å². The first-order chi connectivity index (χ1) is 6.99. The van der Waals surface area contributed by atoms with E-state index in [0.717, 1.165) is 12.3 Å². The van der Waals surface area contributed by atoms with Gasteiger partial charge in [0.05, 0.1) is 5.75 Å². The third-order valence-corrected chi connectivity index (χ3v) is 4.38. The van der Waals surface area contributed by atoms with Crippen LogP contribution < -0.4 is 5.32 Å². The third-order valence-electron chi connectivity index (χ3n) is 2.05. The zero-order valence-electron chi connectivity index (χ0n) is 9.95. The third kappa shape index (κ3) is 10.5. The van der Waals surface area contributed by atoms with E-state index in [1.54, 1.807) is 11.8 Å². The van der Waals surface area contributed by atoms with Crippen LogP contribution in [0.25, 0.3) is 0 Å². The second-order valence-corrected chi connectivity index (χ2v) is 7.16. The molecule has 0 aromatic rings. The van der Waals surface area contributed by atoms with Crippen molar-refractivity contribution in [2.75, 3.05) is 30.1 Å².